The van der Waals surface area contributed by atoms with Crippen molar-refractivity contribution in [2.75, 3.05) is 0 Å². The van der Waals surface area contributed by atoms with E-state index in [1.807, 2.05) is 0 Å². The Morgan fingerprint density at radius 1 is 0.773 bits per heavy atom. The lowest BCUT2D eigenvalue weighted by atomic mass is 9.86. The standard InChI is InChI=1S/C21H21N/c1-14-7-10-16(11-8-14)21-18-6-4-3-5-17(18)19-13-15(2)9-12-20(19)22-21/h7-13H,3-6H2,1-2H3. The van der Waals surface area contributed by atoms with Crippen LogP contribution in [0, 0.1) is 13.8 Å². The third-order valence-electron chi connectivity index (χ3n) is 4.79. The maximum Gasteiger partial charge on any atom is 0.0744 e. The molecule has 22 heavy (non-hydrogen) atoms. The number of pyridine rings is 1. The molecular formula is C21H21N. The van der Waals surface area contributed by atoms with Gasteiger partial charge in [0.15, 0.2) is 0 Å². The van der Waals surface area contributed by atoms with E-state index >= 15 is 0 Å². The second-order valence-electron chi connectivity index (χ2n) is 6.51. The molecule has 4 rings (SSSR count). The van der Waals surface area contributed by atoms with Gasteiger partial charge in [0.05, 0.1) is 11.2 Å². The zero-order valence-electron chi connectivity index (χ0n) is 13.3. The minimum Gasteiger partial charge on any atom is -0.247 e. The first kappa shape index (κ1) is 13.5. The van der Waals surface area contributed by atoms with Gasteiger partial charge in [-0.15, -0.1) is 0 Å². The van der Waals surface area contributed by atoms with Crippen LogP contribution in [0.3, 0.4) is 0 Å². The summed E-state index contributed by atoms with van der Waals surface area (Å²) in [4.78, 5) is 5.03. The number of hydrogen-bond donors (Lipinski definition) is 0. The highest BCUT2D eigenvalue weighted by molar-refractivity contribution is 5.88. The molecule has 110 valence electrons. The zero-order valence-corrected chi connectivity index (χ0v) is 13.3. The topological polar surface area (TPSA) is 12.9 Å². The highest BCUT2D eigenvalue weighted by atomic mass is 14.7. The Balaban J connectivity index is 2.02. The monoisotopic (exact) mass is 287 g/mol. The number of rotatable bonds is 1. The third-order valence-corrected chi connectivity index (χ3v) is 4.79. The number of benzene rings is 2. The Hall–Kier alpha value is -2.15. The van der Waals surface area contributed by atoms with Gasteiger partial charge in [-0.05, 0) is 62.8 Å². The van der Waals surface area contributed by atoms with E-state index in [-0.39, 0.29) is 0 Å². The van der Waals surface area contributed by atoms with Gasteiger partial charge in [-0.2, -0.15) is 0 Å². The lowest BCUT2D eigenvalue weighted by Gasteiger charge is -2.21. The first-order valence-corrected chi connectivity index (χ1v) is 8.21. The molecule has 0 aliphatic heterocycles. The van der Waals surface area contributed by atoms with Gasteiger partial charge in [-0.25, -0.2) is 4.98 Å². The Bertz CT molecular complexity index is 844. The van der Waals surface area contributed by atoms with Crippen molar-refractivity contribution in [3.05, 3.63) is 64.7 Å². The fourth-order valence-corrected chi connectivity index (χ4v) is 3.59. The maximum atomic E-state index is 5.03. The highest BCUT2D eigenvalue weighted by Gasteiger charge is 2.19. The fourth-order valence-electron chi connectivity index (χ4n) is 3.59. The van der Waals surface area contributed by atoms with E-state index in [0.29, 0.717) is 0 Å². The van der Waals surface area contributed by atoms with E-state index in [4.69, 9.17) is 4.98 Å². The number of aryl methyl sites for hydroxylation is 3. The first-order chi connectivity index (χ1) is 10.7. The number of nitrogens with zero attached hydrogens (tertiary/aromatic N) is 1. The van der Waals surface area contributed by atoms with Crippen molar-refractivity contribution in [3.63, 3.8) is 0 Å². The second kappa shape index (κ2) is 5.24. The van der Waals surface area contributed by atoms with Crippen LogP contribution in [0.4, 0.5) is 0 Å². The predicted molar refractivity (Wildman–Crippen MR) is 93.3 cm³/mol. The lowest BCUT2D eigenvalue weighted by molar-refractivity contribution is 0.689. The van der Waals surface area contributed by atoms with Gasteiger partial charge in [0.1, 0.15) is 0 Å². The molecule has 2 aromatic carbocycles. The molecule has 0 unspecified atom stereocenters. The zero-order chi connectivity index (χ0) is 15.1. The molecule has 1 aliphatic carbocycles. The molecule has 0 bridgehead atoms. The summed E-state index contributed by atoms with van der Waals surface area (Å²) >= 11 is 0. The van der Waals surface area contributed by atoms with Crippen molar-refractivity contribution in [1.82, 2.24) is 4.98 Å². The van der Waals surface area contributed by atoms with E-state index in [1.54, 1.807) is 0 Å². The molecule has 3 aromatic rings. The summed E-state index contributed by atoms with van der Waals surface area (Å²) in [6, 6.07) is 15.5. The number of hydrogen-bond acceptors (Lipinski definition) is 1. The van der Waals surface area contributed by atoms with Crippen molar-refractivity contribution in [2.24, 2.45) is 0 Å². The van der Waals surface area contributed by atoms with Crippen molar-refractivity contribution in [3.8, 4) is 11.3 Å². The van der Waals surface area contributed by atoms with Crippen molar-refractivity contribution < 1.29 is 0 Å². The van der Waals surface area contributed by atoms with Crippen LogP contribution in [0.1, 0.15) is 35.1 Å². The van der Waals surface area contributed by atoms with E-state index in [1.165, 1.54) is 58.2 Å². The van der Waals surface area contributed by atoms with E-state index < -0.39 is 0 Å². The Morgan fingerprint density at radius 2 is 1.45 bits per heavy atom. The average molecular weight is 287 g/mol. The maximum absolute atomic E-state index is 5.03. The van der Waals surface area contributed by atoms with Gasteiger partial charge in [0.25, 0.3) is 0 Å². The SMILES string of the molecule is Cc1ccc(-c2nc3ccc(C)cc3c3c2CCCC3)cc1. The van der Waals surface area contributed by atoms with E-state index in [2.05, 4.69) is 56.3 Å². The molecule has 0 saturated carbocycles. The summed E-state index contributed by atoms with van der Waals surface area (Å²) in [5.41, 5.74) is 9.24. The van der Waals surface area contributed by atoms with Gasteiger partial charge in [0.2, 0.25) is 0 Å². The normalized spacial score (nSPS) is 14.1. The van der Waals surface area contributed by atoms with Crippen LogP contribution in [-0.4, -0.2) is 4.98 Å². The molecule has 0 spiro atoms. The molecule has 0 amide bonds. The third kappa shape index (κ3) is 2.21. The van der Waals surface area contributed by atoms with Gasteiger partial charge >= 0.3 is 0 Å². The van der Waals surface area contributed by atoms with Crippen molar-refractivity contribution in [1.29, 1.82) is 0 Å². The molecule has 1 heterocycles. The Morgan fingerprint density at radius 3 is 2.23 bits per heavy atom. The van der Waals surface area contributed by atoms with Gasteiger partial charge in [-0.3, -0.25) is 0 Å². The molecule has 1 nitrogen and oxygen atoms in total. The van der Waals surface area contributed by atoms with Crippen molar-refractivity contribution in [2.45, 2.75) is 39.5 Å². The van der Waals surface area contributed by atoms with Gasteiger partial charge < -0.3 is 0 Å². The largest absolute Gasteiger partial charge is 0.247 e. The molecule has 0 fully saturated rings. The summed E-state index contributed by atoms with van der Waals surface area (Å²) in [6.07, 6.45) is 4.93. The Labute approximate surface area is 132 Å². The van der Waals surface area contributed by atoms with E-state index in [0.717, 1.165) is 11.9 Å². The summed E-state index contributed by atoms with van der Waals surface area (Å²) in [6.45, 7) is 4.30. The van der Waals surface area contributed by atoms with Crippen LogP contribution in [0.15, 0.2) is 42.5 Å². The van der Waals surface area contributed by atoms with Crippen LogP contribution < -0.4 is 0 Å². The van der Waals surface area contributed by atoms with Crippen LogP contribution in [0.5, 0.6) is 0 Å². The lowest BCUT2D eigenvalue weighted by Crippen LogP contribution is -2.07. The summed E-state index contributed by atoms with van der Waals surface area (Å²) in [5.74, 6) is 0. The average Bonchev–Trinajstić information content (AvgIpc) is 2.55. The number of aromatic nitrogens is 1. The summed E-state index contributed by atoms with van der Waals surface area (Å²) in [7, 11) is 0. The fraction of sp³-hybridized carbons (Fsp3) is 0.286. The van der Waals surface area contributed by atoms with Gasteiger partial charge in [-0.1, -0.05) is 41.5 Å². The highest BCUT2D eigenvalue weighted by Crippen LogP contribution is 2.35. The quantitative estimate of drug-likeness (QED) is 0.584. The Kier molecular flexibility index (Phi) is 3.22. The molecular weight excluding hydrogens is 266 g/mol. The minimum absolute atomic E-state index is 1.14. The minimum atomic E-state index is 1.14. The molecule has 0 saturated heterocycles. The first-order valence-electron chi connectivity index (χ1n) is 8.21. The second-order valence-corrected chi connectivity index (χ2v) is 6.51. The number of fused-ring (bicyclic) bond motifs is 3. The molecule has 1 aliphatic rings. The molecule has 0 atom stereocenters. The van der Waals surface area contributed by atoms with E-state index in [9.17, 15) is 0 Å². The summed E-state index contributed by atoms with van der Waals surface area (Å²) in [5, 5.41) is 1.37. The molecule has 1 heteroatoms. The van der Waals surface area contributed by atoms with Crippen molar-refractivity contribution >= 4 is 10.9 Å². The van der Waals surface area contributed by atoms with Crippen LogP contribution in [-0.2, 0) is 12.8 Å². The van der Waals surface area contributed by atoms with Crippen LogP contribution in [0.25, 0.3) is 22.2 Å². The van der Waals surface area contributed by atoms with Gasteiger partial charge in [0, 0.05) is 10.9 Å². The molecule has 1 aromatic heterocycles. The smallest absolute Gasteiger partial charge is 0.0744 e. The molecule has 0 radical (unpaired) electrons. The predicted octanol–water partition coefficient (Wildman–Crippen LogP) is 5.40. The van der Waals surface area contributed by atoms with Crippen LogP contribution >= 0.6 is 0 Å². The molecule has 0 N–H and O–H groups in total. The van der Waals surface area contributed by atoms with Crippen LogP contribution in [0.2, 0.25) is 0 Å². The summed E-state index contributed by atoms with van der Waals surface area (Å²) < 4.78 is 0.